The molecule has 0 bridgehead atoms. The molecule has 14 nitrogen and oxygen atoms in total. The molecule has 3 unspecified atom stereocenters. The predicted molar refractivity (Wildman–Crippen MR) is 102 cm³/mol. The van der Waals surface area contributed by atoms with Crippen molar-refractivity contribution in [2.24, 2.45) is 0 Å². The molecule has 3 atom stereocenters. The number of aliphatic carboxylic acids is 1. The van der Waals surface area contributed by atoms with Crippen molar-refractivity contribution in [2.45, 2.75) is 18.1 Å². The van der Waals surface area contributed by atoms with Gasteiger partial charge in [0.2, 0.25) is 5.91 Å². The van der Waals surface area contributed by atoms with Crippen molar-refractivity contribution in [3.63, 3.8) is 0 Å². The van der Waals surface area contributed by atoms with Crippen molar-refractivity contribution < 1.29 is 71.6 Å². The average Bonchev–Trinajstić information content (AvgIpc) is 3.03. The van der Waals surface area contributed by atoms with E-state index in [4.69, 9.17) is 0 Å². The van der Waals surface area contributed by atoms with Crippen LogP contribution in [0.5, 0.6) is 0 Å². The van der Waals surface area contributed by atoms with Gasteiger partial charge in [-0.1, -0.05) is 30.3 Å². The van der Waals surface area contributed by atoms with Gasteiger partial charge in [0.05, 0.1) is 13.1 Å². The number of β-lactam (4-membered cyclic amide) rings is 1. The smallest absolute Gasteiger partial charge is 0.731 e. The Morgan fingerprint density at radius 3 is 2.27 bits per heavy atom. The van der Waals surface area contributed by atoms with Crippen molar-refractivity contribution in [1.82, 2.24) is 24.7 Å². The van der Waals surface area contributed by atoms with Crippen molar-refractivity contribution in [2.75, 3.05) is 20.1 Å². The molecule has 0 spiro atoms. The number of amides is 6. The zero-order valence-corrected chi connectivity index (χ0v) is 20.3. The fraction of sp³-hybridized carbons (Fsp3) is 0.353. The summed E-state index contributed by atoms with van der Waals surface area (Å²) in [5, 5.41) is 13.8. The van der Waals surface area contributed by atoms with E-state index in [1.807, 2.05) is 0 Å². The monoisotopic (exact) mass is 491 g/mol. The second-order valence-corrected chi connectivity index (χ2v) is 8.36. The van der Waals surface area contributed by atoms with Gasteiger partial charge in [-0.15, -0.1) is 0 Å². The number of nitrogens with one attached hydrogen (secondary N) is 2. The Bertz CT molecular complexity index is 1080. The maximum Gasteiger partial charge on any atom is 1.00 e. The molecule has 0 saturated carbocycles. The number of carboxylic acids is 1. The molecule has 0 aliphatic carbocycles. The van der Waals surface area contributed by atoms with Gasteiger partial charge in [-0.3, -0.25) is 9.59 Å². The van der Waals surface area contributed by atoms with Crippen LogP contribution in [0, 0.1) is 0 Å². The van der Waals surface area contributed by atoms with E-state index in [9.17, 15) is 42.0 Å². The zero-order chi connectivity index (χ0) is 23.8. The van der Waals surface area contributed by atoms with Gasteiger partial charge in [0.15, 0.2) is 16.3 Å². The van der Waals surface area contributed by atoms with Crippen LogP contribution in [0.3, 0.4) is 0 Å². The van der Waals surface area contributed by atoms with Crippen molar-refractivity contribution in [3.05, 3.63) is 35.9 Å². The number of hydrogen-bond acceptors (Lipinski definition) is 8. The molecule has 1 aromatic rings. The van der Waals surface area contributed by atoms with Crippen molar-refractivity contribution in [1.29, 1.82) is 0 Å². The third-order valence-corrected chi connectivity index (χ3v) is 5.81. The zero-order valence-electron chi connectivity index (χ0n) is 17.5. The number of carboxylic acid groups (broad SMARTS) is 1. The molecule has 33 heavy (non-hydrogen) atoms. The van der Waals surface area contributed by atoms with Gasteiger partial charge in [0, 0.05) is 7.05 Å². The molecule has 2 aliphatic heterocycles. The Morgan fingerprint density at radius 1 is 1.15 bits per heavy atom. The molecule has 2 saturated heterocycles. The summed E-state index contributed by atoms with van der Waals surface area (Å²) in [6, 6.07) is 1.40. The molecule has 2 fully saturated rings. The first kappa shape index (κ1) is 26.5. The summed E-state index contributed by atoms with van der Waals surface area (Å²) >= 11 is 0. The number of nitrogens with zero attached hydrogens (tertiary/aromatic N) is 3. The van der Waals surface area contributed by atoms with Crippen LogP contribution in [0.1, 0.15) is 11.6 Å². The predicted octanol–water partition coefficient (Wildman–Crippen LogP) is -4.95. The van der Waals surface area contributed by atoms with Gasteiger partial charge < -0.3 is 25.2 Å². The molecule has 3 N–H and O–H groups in total. The van der Waals surface area contributed by atoms with E-state index < -0.39 is 64.8 Å². The van der Waals surface area contributed by atoms with Crippen LogP contribution in [0.15, 0.2) is 30.3 Å². The van der Waals surface area contributed by atoms with E-state index in [1.54, 1.807) is 18.2 Å². The van der Waals surface area contributed by atoms with Crippen LogP contribution in [0.4, 0.5) is 9.59 Å². The summed E-state index contributed by atoms with van der Waals surface area (Å²) in [5.74, 6) is -3.48. The molecule has 0 radical (unpaired) electrons. The Morgan fingerprint density at radius 2 is 1.76 bits per heavy atom. The first-order valence-electron chi connectivity index (χ1n) is 9.12. The van der Waals surface area contributed by atoms with E-state index in [0.717, 1.165) is 4.90 Å². The van der Waals surface area contributed by atoms with Crippen molar-refractivity contribution in [3.8, 4) is 0 Å². The fourth-order valence-corrected chi connectivity index (χ4v) is 3.93. The first-order valence-corrected chi connectivity index (χ1v) is 10.5. The minimum atomic E-state index is -5.00. The maximum absolute atomic E-state index is 12.8. The van der Waals surface area contributed by atoms with Crippen LogP contribution >= 0.6 is 0 Å². The minimum Gasteiger partial charge on any atom is -0.731 e. The molecule has 2 aliphatic rings. The number of carbonyl (C=O) groups is 5. The Hall–Kier alpha value is -2.72. The van der Waals surface area contributed by atoms with Crippen LogP contribution in [0.2, 0.25) is 0 Å². The van der Waals surface area contributed by atoms with Crippen LogP contribution in [-0.2, 0) is 24.7 Å². The summed E-state index contributed by atoms with van der Waals surface area (Å²) < 4.78 is 32.9. The summed E-state index contributed by atoms with van der Waals surface area (Å²) in [6.07, 6.45) is 0. The number of imide groups is 1. The summed E-state index contributed by atoms with van der Waals surface area (Å²) in [7, 11) is -3.69. The van der Waals surface area contributed by atoms with Crippen LogP contribution < -0.4 is 40.2 Å². The molecule has 3 rings (SSSR count). The third kappa shape index (κ3) is 5.44. The fourth-order valence-electron chi connectivity index (χ4n) is 3.25. The summed E-state index contributed by atoms with van der Waals surface area (Å²) in [4.78, 5) is 62.6. The molecular formula is C17H18N5NaO9S. The minimum absolute atomic E-state index is 0. The quantitative estimate of drug-likeness (QED) is 0.198. The number of benzene rings is 1. The molecule has 6 amide bonds. The molecule has 172 valence electrons. The van der Waals surface area contributed by atoms with E-state index >= 15 is 0 Å². The Kier molecular flexibility index (Phi) is 8.08. The Balaban J connectivity index is 0.00000385. The molecule has 1 aromatic carbocycles. The second kappa shape index (κ2) is 10.0. The third-order valence-electron chi connectivity index (χ3n) is 4.94. The van der Waals surface area contributed by atoms with Crippen LogP contribution in [-0.4, -0.2) is 94.2 Å². The molecule has 16 heteroatoms. The summed E-state index contributed by atoms with van der Waals surface area (Å²) in [6.45, 7) is -0.817. The van der Waals surface area contributed by atoms with Crippen LogP contribution in [0.25, 0.3) is 0 Å². The molecule has 0 aromatic heterocycles. The average molecular weight is 491 g/mol. The van der Waals surface area contributed by atoms with E-state index in [1.165, 1.54) is 19.2 Å². The van der Waals surface area contributed by atoms with Gasteiger partial charge in [0.1, 0.15) is 12.1 Å². The van der Waals surface area contributed by atoms with Gasteiger partial charge in [-0.2, -0.15) is 0 Å². The van der Waals surface area contributed by atoms with Gasteiger partial charge >= 0.3 is 47.6 Å². The normalized spacial score (nSPS) is 21.1. The maximum atomic E-state index is 12.8. The largest absolute Gasteiger partial charge is 1.00 e. The molecule has 2 heterocycles. The topological polar surface area (TPSA) is 197 Å². The molecular weight excluding hydrogens is 473 g/mol. The second-order valence-electron chi connectivity index (χ2n) is 7.07. The number of likely N-dealkylation sites (N-methyl/N-ethyl adjacent to an activating group) is 1. The number of carbonyl (C=O) groups excluding carboxylic acids is 4. The number of urea groups is 2. The van der Waals surface area contributed by atoms with E-state index in [2.05, 4.69) is 10.6 Å². The van der Waals surface area contributed by atoms with Gasteiger partial charge in [0.25, 0.3) is 5.91 Å². The first-order chi connectivity index (χ1) is 14.9. The number of hydrogen-bond donors (Lipinski definition) is 3. The Labute approximate surface area is 210 Å². The van der Waals surface area contributed by atoms with E-state index in [-0.39, 0.29) is 46.0 Å². The standard InChI is InChI=1S/C17H19N5O9S.Na/c1-20-8-11(15(25)26)22(17(20)28)16(27)19-12(9-5-3-2-4-6-9)13(23)18-10-7-21(14(10)24)32(29,30)31;/h2-6,10-12H,7-8H2,1H3,(H,18,23)(H,19,27)(H,25,26)(H,29,30,31);/q;+1/p-1. The summed E-state index contributed by atoms with van der Waals surface area (Å²) in [5.41, 5.74) is 0.241. The van der Waals surface area contributed by atoms with Gasteiger partial charge in [-0.25, -0.2) is 32.0 Å². The van der Waals surface area contributed by atoms with E-state index in [0.29, 0.717) is 4.90 Å². The SMILES string of the molecule is CN1CC(C(=O)O)N(C(=O)NC(C(=O)NC2CN(S(=O)(=O)[O-])C2=O)c2ccccc2)C1=O.[Na+]. The van der Waals surface area contributed by atoms with Crippen molar-refractivity contribution >= 4 is 40.2 Å². The number of rotatable bonds is 6. The van der Waals surface area contributed by atoms with Gasteiger partial charge in [-0.05, 0) is 5.56 Å².